The van der Waals surface area contributed by atoms with Crippen LogP contribution in [0.15, 0.2) is 53.4 Å². The lowest BCUT2D eigenvalue weighted by molar-refractivity contribution is -0.116. The molecule has 0 unspecified atom stereocenters. The van der Waals surface area contributed by atoms with Crippen LogP contribution in [0.25, 0.3) is 0 Å². The molecular formula is C15H15FN2OS. The lowest BCUT2D eigenvalue weighted by Crippen LogP contribution is -2.12. The van der Waals surface area contributed by atoms with Crippen molar-refractivity contribution < 1.29 is 9.18 Å². The third kappa shape index (κ3) is 4.36. The molecular weight excluding hydrogens is 275 g/mol. The molecule has 2 rings (SSSR count). The summed E-state index contributed by atoms with van der Waals surface area (Å²) in [6, 6.07) is 13.5. The summed E-state index contributed by atoms with van der Waals surface area (Å²) in [4.78, 5) is 12.7. The SMILES string of the molecule is NSc1ccc(NC(=O)CCc2ccc(F)cc2)cc1. The molecule has 3 nitrogen and oxygen atoms in total. The fourth-order valence-electron chi connectivity index (χ4n) is 1.75. The first kappa shape index (κ1) is 14.6. The lowest BCUT2D eigenvalue weighted by atomic mass is 10.1. The molecule has 0 saturated heterocycles. The van der Waals surface area contributed by atoms with Gasteiger partial charge in [-0.2, -0.15) is 0 Å². The standard InChI is InChI=1S/C15H15FN2OS/c16-12-4-1-11(2-5-12)3-10-15(19)18-13-6-8-14(20-17)9-7-13/h1-2,4-9H,3,10,17H2,(H,18,19). The van der Waals surface area contributed by atoms with Gasteiger partial charge >= 0.3 is 0 Å². The number of nitrogens with two attached hydrogens (primary N) is 1. The van der Waals surface area contributed by atoms with Crippen LogP contribution in [-0.4, -0.2) is 5.91 Å². The van der Waals surface area contributed by atoms with Crippen LogP contribution in [0.3, 0.4) is 0 Å². The van der Waals surface area contributed by atoms with Crippen molar-refractivity contribution in [1.29, 1.82) is 0 Å². The van der Waals surface area contributed by atoms with Crippen LogP contribution < -0.4 is 10.5 Å². The van der Waals surface area contributed by atoms with Crippen molar-refractivity contribution in [2.24, 2.45) is 5.14 Å². The molecule has 104 valence electrons. The first-order chi connectivity index (χ1) is 9.67. The third-order valence-corrected chi connectivity index (χ3v) is 3.37. The van der Waals surface area contributed by atoms with E-state index >= 15 is 0 Å². The van der Waals surface area contributed by atoms with E-state index < -0.39 is 0 Å². The maximum absolute atomic E-state index is 12.7. The average Bonchev–Trinajstić information content (AvgIpc) is 2.47. The highest BCUT2D eigenvalue weighted by Crippen LogP contribution is 2.16. The molecule has 5 heteroatoms. The Morgan fingerprint density at radius 2 is 1.75 bits per heavy atom. The Bertz CT molecular complexity index is 569. The van der Waals surface area contributed by atoms with E-state index in [9.17, 15) is 9.18 Å². The van der Waals surface area contributed by atoms with Crippen LogP contribution in [0.1, 0.15) is 12.0 Å². The average molecular weight is 290 g/mol. The molecule has 0 saturated carbocycles. The fourth-order valence-corrected chi connectivity index (χ4v) is 2.04. The molecule has 0 atom stereocenters. The van der Waals surface area contributed by atoms with Crippen molar-refractivity contribution in [2.75, 3.05) is 5.32 Å². The van der Waals surface area contributed by atoms with Gasteiger partial charge in [-0.25, -0.2) is 4.39 Å². The summed E-state index contributed by atoms with van der Waals surface area (Å²) in [5.74, 6) is -0.335. The van der Waals surface area contributed by atoms with Crippen LogP contribution in [0.2, 0.25) is 0 Å². The number of amides is 1. The molecule has 1 amide bonds. The molecule has 0 fully saturated rings. The Kier molecular flexibility index (Phi) is 5.15. The highest BCUT2D eigenvalue weighted by Gasteiger charge is 2.03. The summed E-state index contributed by atoms with van der Waals surface area (Å²) in [5.41, 5.74) is 1.68. The van der Waals surface area contributed by atoms with E-state index in [1.807, 2.05) is 24.3 Å². The number of carbonyl (C=O) groups excluding carboxylic acids is 1. The zero-order chi connectivity index (χ0) is 14.4. The lowest BCUT2D eigenvalue weighted by Gasteiger charge is -2.06. The highest BCUT2D eigenvalue weighted by molar-refractivity contribution is 7.97. The highest BCUT2D eigenvalue weighted by atomic mass is 32.2. The summed E-state index contributed by atoms with van der Waals surface area (Å²) >= 11 is 1.16. The molecule has 3 N–H and O–H groups in total. The molecule has 0 bridgehead atoms. The number of anilines is 1. The quantitative estimate of drug-likeness (QED) is 0.830. The number of nitrogens with one attached hydrogen (secondary N) is 1. The minimum absolute atomic E-state index is 0.0672. The Morgan fingerprint density at radius 3 is 2.35 bits per heavy atom. The molecule has 2 aromatic rings. The van der Waals surface area contributed by atoms with Crippen molar-refractivity contribution in [2.45, 2.75) is 17.7 Å². The van der Waals surface area contributed by atoms with Crippen molar-refractivity contribution in [3.63, 3.8) is 0 Å². The largest absolute Gasteiger partial charge is 0.326 e. The molecule has 2 aromatic carbocycles. The predicted octanol–water partition coefficient (Wildman–Crippen LogP) is 3.36. The van der Waals surface area contributed by atoms with Crippen molar-refractivity contribution >= 4 is 23.5 Å². The number of rotatable bonds is 5. The maximum atomic E-state index is 12.7. The first-order valence-electron chi connectivity index (χ1n) is 6.18. The molecule has 0 radical (unpaired) electrons. The van der Waals surface area contributed by atoms with E-state index in [4.69, 9.17) is 5.14 Å². The zero-order valence-corrected chi connectivity index (χ0v) is 11.6. The molecule has 0 aliphatic heterocycles. The van der Waals surface area contributed by atoms with Crippen molar-refractivity contribution in [1.82, 2.24) is 0 Å². The minimum atomic E-state index is -0.268. The summed E-state index contributed by atoms with van der Waals surface area (Å²) in [5, 5.41) is 8.24. The van der Waals surface area contributed by atoms with E-state index in [2.05, 4.69) is 5.32 Å². The van der Waals surface area contributed by atoms with Crippen molar-refractivity contribution in [3.8, 4) is 0 Å². The fraction of sp³-hybridized carbons (Fsp3) is 0.133. The zero-order valence-electron chi connectivity index (χ0n) is 10.8. The summed E-state index contributed by atoms with van der Waals surface area (Å²) in [7, 11) is 0. The first-order valence-corrected chi connectivity index (χ1v) is 7.06. The van der Waals surface area contributed by atoms with Crippen LogP contribution in [0, 0.1) is 5.82 Å². The van der Waals surface area contributed by atoms with E-state index in [0.29, 0.717) is 12.8 Å². The third-order valence-electron chi connectivity index (χ3n) is 2.83. The van der Waals surface area contributed by atoms with Gasteiger partial charge in [-0.15, -0.1) is 0 Å². The van der Waals surface area contributed by atoms with Crippen LogP contribution in [0.4, 0.5) is 10.1 Å². The molecule has 0 aliphatic rings. The van der Waals surface area contributed by atoms with Gasteiger partial charge < -0.3 is 5.32 Å². The monoisotopic (exact) mass is 290 g/mol. The number of carbonyl (C=O) groups is 1. The van der Waals surface area contributed by atoms with Gasteiger partial charge in [-0.05, 0) is 60.3 Å². The van der Waals surface area contributed by atoms with Crippen LogP contribution in [-0.2, 0) is 11.2 Å². The molecule has 0 heterocycles. The molecule has 0 spiro atoms. The second-order valence-corrected chi connectivity index (χ2v) is 5.02. The predicted molar refractivity (Wildman–Crippen MR) is 79.8 cm³/mol. The molecule has 0 aromatic heterocycles. The Labute approximate surface area is 121 Å². The van der Waals surface area contributed by atoms with Crippen LogP contribution >= 0.6 is 11.9 Å². The Balaban J connectivity index is 1.84. The van der Waals surface area contributed by atoms with Gasteiger partial charge in [0, 0.05) is 17.0 Å². The maximum Gasteiger partial charge on any atom is 0.224 e. The second-order valence-electron chi connectivity index (χ2n) is 4.32. The van der Waals surface area contributed by atoms with Gasteiger partial charge in [-0.3, -0.25) is 9.93 Å². The number of halogens is 1. The van der Waals surface area contributed by atoms with Crippen LogP contribution in [0.5, 0.6) is 0 Å². The summed E-state index contributed by atoms with van der Waals surface area (Å²) < 4.78 is 12.7. The van der Waals surface area contributed by atoms with E-state index in [-0.39, 0.29) is 11.7 Å². The van der Waals surface area contributed by atoms with Gasteiger partial charge in [0.15, 0.2) is 0 Å². The number of benzene rings is 2. The molecule has 20 heavy (non-hydrogen) atoms. The Morgan fingerprint density at radius 1 is 1.10 bits per heavy atom. The van der Waals surface area contributed by atoms with Gasteiger partial charge in [0.05, 0.1) is 0 Å². The Hall–Kier alpha value is -1.85. The van der Waals surface area contributed by atoms with Gasteiger partial charge in [0.25, 0.3) is 0 Å². The minimum Gasteiger partial charge on any atom is -0.326 e. The second kappa shape index (κ2) is 7.07. The number of hydrogen-bond acceptors (Lipinski definition) is 3. The normalized spacial score (nSPS) is 10.3. The smallest absolute Gasteiger partial charge is 0.224 e. The van der Waals surface area contributed by atoms with Gasteiger partial charge in [-0.1, -0.05) is 12.1 Å². The number of hydrogen-bond donors (Lipinski definition) is 2. The molecule has 0 aliphatic carbocycles. The summed E-state index contributed by atoms with van der Waals surface area (Å²) in [6.45, 7) is 0. The van der Waals surface area contributed by atoms with Crippen molar-refractivity contribution in [3.05, 3.63) is 59.9 Å². The topological polar surface area (TPSA) is 55.1 Å². The van der Waals surface area contributed by atoms with E-state index in [1.54, 1.807) is 12.1 Å². The summed E-state index contributed by atoms with van der Waals surface area (Å²) in [6.07, 6.45) is 0.946. The van der Waals surface area contributed by atoms with Gasteiger partial charge in [0.1, 0.15) is 5.82 Å². The number of aryl methyl sites for hydroxylation is 1. The van der Waals surface area contributed by atoms with E-state index in [1.165, 1.54) is 12.1 Å². The van der Waals surface area contributed by atoms with Gasteiger partial charge in [0.2, 0.25) is 5.91 Å². The van der Waals surface area contributed by atoms with E-state index in [0.717, 1.165) is 28.1 Å².